The molecule has 0 unspecified atom stereocenters. The highest BCUT2D eigenvalue weighted by Gasteiger charge is 2.17. The number of anilines is 1. The van der Waals surface area contributed by atoms with Crippen molar-refractivity contribution in [3.05, 3.63) is 29.8 Å². The van der Waals surface area contributed by atoms with Crippen LogP contribution in [0.3, 0.4) is 0 Å². The van der Waals surface area contributed by atoms with E-state index >= 15 is 0 Å². The third-order valence-corrected chi connectivity index (χ3v) is 2.36. The Balaban J connectivity index is 2.99. The first-order valence-corrected chi connectivity index (χ1v) is 5.23. The first-order chi connectivity index (χ1) is 7.93. The fraction of sp³-hybridized carbons (Fsp3) is 0.333. The Morgan fingerprint density at radius 1 is 1.18 bits per heavy atom. The Bertz CT molecular complexity index is 430. The molecule has 1 aromatic rings. The van der Waals surface area contributed by atoms with Gasteiger partial charge in [0.2, 0.25) is 5.91 Å². The van der Waals surface area contributed by atoms with E-state index in [-0.39, 0.29) is 12.5 Å². The number of carbonyl (C=O) groups excluding carboxylic acids is 2. The van der Waals surface area contributed by atoms with Gasteiger partial charge in [0.05, 0.1) is 12.1 Å². The predicted octanol–water partition coefficient (Wildman–Crippen LogP) is 0.310. The maximum Gasteiger partial charge on any atom is 0.256 e. The number of nitrogens with two attached hydrogens (primary N) is 1. The minimum Gasteiger partial charge on any atom is -0.377 e. The first-order valence-electron chi connectivity index (χ1n) is 5.23. The Labute approximate surface area is 101 Å². The van der Waals surface area contributed by atoms with Crippen LogP contribution in [0.1, 0.15) is 10.4 Å². The smallest absolute Gasteiger partial charge is 0.256 e. The van der Waals surface area contributed by atoms with Gasteiger partial charge in [-0.05, 0) is 12.1 Å². The zero-order valence-electron chi connectivity index (χ0n) is 10.3. The van der Waals surface area contributed by atoms with Gasteiger partial charge in [0, 0.05) is 26.8 Å². The van der Waals surface area contributed by atoms with Gasteiger partial charge < -0.3 is 15.5 Å². The van der Waals surface area contributed by atoms with Crippen LogP contribution in [-0.4, -0.2) is 44.4 Å². The molecule has 0 atom stereocenters. The number of hydrogen-bond acceptors (Lipinski definition) is 3. The number of carbonyl (C=O) groups is 2. The lowest BCUT2D eigenvalue weighted by Crippen LogP contribution is -2.35. The first kappa shape index (κ1) is 13.0. The Kier molecular flexibility index (Phi) is 4.09. The molecule has 0 bridgehead atoms. The van der Waals surface area contributed by atoms with E-state index < -0.39 is 5.91 Å². The van der Waals surface area contributed by atoms with E-state index in [9.17, 15) is 9.59 Å². The molecule has 0 saturated carbocycles. The molecule has 0 aliphatic rings. The van der Waals surface area contributed by atoms with Crippen molar-refractivity contribution in [2.45, 2.75) is 0 Å². The van der Waals surface area contributed by atoms with E-state index in [1.165, 1.54) is 4.90 Å². The van der Waals surface area contributed by atoms with Gasteiger partial charge in [-0.15, -0.1) is 0 Å². The second-order valence-electron chi connectivity index (χ2n) is 4.04. The summed E-state index contributed by atoms with van der Waals surface area (Å²) in [5.41, 5.74) is 6.43. The molecular weight excluding hydrogens is 218 g/mol. The maximum atomic E-state index is 12.1. The lowest BCUT2D eigenvalue weighted by molar-refractivity contribution is -0.118. The van der Waals surface area contributed by atoms with Gasteiger partial charge in [0.25, 0.3) is 5.91 Å². The molecule has 0 aliphatic heterocycles. The predicted molar refractivity (Wildman–Crippen MR) is 66.9 cm³/mol. The highest BCUT2D eigenvalue weighted by Crippen LogP contribution is 2.19. The van der Waals surface area contributed by atoms with Crippen LogP contribution < -0.4 is 10.6 Å². The Morgan fingerprint density at radius 3 is 2.29 bits per heavy atom. The van der Waals surface area contributed by atoms with Crippen LogP contribution in [0.25, 0.3) is 0 Å². The molecule has 0 heterocycles. The third-order valence-electron chi connectivity index (χ3n) is 2.36. The van der Waals surface area contributed by atoms with Gasteiger partial charge >= 0.3 is 0 Å². The number of benzene rings is 1. The molecule has 0 aliphatic carbocycles. The van der Waals surface area contributed by atoms with E-state index in [1.54, 1.807) is 19.2 Å². The fourth-order valence-corrected chi connectivity index (χ4v) is 1.56. The number of hydrogen-bond donors (Lipinski definition) is 1. The van der Waals surface area contributed by atoms with Crippen LogP contribution in [0, 0.1) is 0 Å². The van der Waals surface area contributed by atoms with Crippen molar-refractivity contribution in [2.75, 3.05) is 32.6 Å². The minimum atomic E-state index is -0.525. The minimum absolute atomic E-state index is 0.0827. The molecule has 1 rings (SSSR count). The van der Waals surface area contributed by atoms with Crippen molar-refractivity contribution < 1.29 is 9.59 Å². The summed E-state index contributed by atoms with van der Waals surface area (Å²) in [6.45, 7) is -0.0827. The van der Waals surface area contributed by atoms with Crippen molar-refractivity contribution in [2.24, 2.45) is 5.73 Å². The highest BCUT2D eigenvalue weighted by atomic mass is 16.2. The summed E-state index contributed by atoms with van der Waals surface area (Å²) in [7, 11) is 5.28. The van der Waals surface area contributed by atoms with E-state index in [0.29, 0.717) is 5.56 Å². The van der Waals surface area contributed by atoms with Crippen LogP contribution in [-0.2, 0) is 4.79 Å². The van der Waals surface area contributed by atoms with Gasteiger partial charge in [-0.3, -0.25) is 9.59 Å². The van der Waals surface area contributed by atoms with E-state index in [0.717, 1.165) is 5.69 Å². The van der Waals surface area contributed by atoms with E-state index in [1.807, 2.05) is 31.1 Å². The summed E-state index contributed by atoms with van der Waals surface area (Å²) in [6, 6.07) is 7.24. The molecule has 0 radical (unpaired) electrons. The second-order valence-corrected chi connectivity index (χ2v) is 4.04. The molecule has 2 amide bonds. The van der Waals surface area contributed by atoms with Crippen molar-refractivity contribution in [1.82, 2.24) is 4.90 Å². The summed E-state index contributed by atoms with van der Waals surface area (Å²) in [4.78, 5) is 26.0. The summed E-state index contributed by atoms with van der Waals surface area (Å²) in [5, 5.41) is 0. The van der Waals surface area contributed by atoms with Gasteiger partial charge in [0.15, 0.2) is 0 Å². The van der Waals surface area contributed by atoms with Crippen molar-refractivity contribution >= 4 is 17.5 Å². The number of amides is 2. The molecule has 5 nitrogen and oxygen atoms in total. The summed E-state index contributed by atoms with van der Waals surface area (Å²) >= 11 is 0. The summed E-state index contributed by atoms with van der Waals surface area (Å²) in [5.74, 6) is -0.740. The molecule has 17 heavy (non-hydrogen) atoms. The number of rotatable bonds is 4. The fourth-order valence-electron chi connectivity index (χ4n) is 1.56. The second kappa shape index (κ2) is 5.34. The molecule has 0 fully saturated rings. The Hall–Kier alpha value is -2.04. The van der Waals surface area contributed by atoms with Gasteiger partial charge in [-0.25, -0.2) is 0 Å². The third kappa shape index (κ3) is 3.21. The molecule has 0 spiro atoms. The van der Waals surface area contributed by atoms with E-state index in [4.69, 9.17) is 5.73 Å². The lowest BCUT2D eigenvalue weighted by atomic mass is 10.1. The highest BCUT2D eigenvalue weighted by molar-refractivity contribution is 6.01. The molecule has 5 heteroatoms. The zero-order valence-corrected chi connectivity index (χ0v) is 10.3. The molecule has 0 saturated heterocycles. The SMILES string of the molecule is CN(CC(N)=O)C(=O)c1ccccc1N(C)C. The largest absolute Gasteiger partial charge is 0.377 e. The van der Waals surface area contributed by atoms with Gasteiger partial charge in [-0.2, -0.15) is 0 Å². The molecule has 92 valence electrons. The summed E-state index contributed by atoms with van der Waals surface area (Å²) < 4.78 is 0. The van der Waals surface area contributed by atoms with Crippen LogP contribution >= 0.6 is 0 Å². The van der Waals surface area contributed by atoms with Gasteiger partial charge in [0.1, 0.15) is 0 Å². The standard InChI is InChI=1S/C12H17N3O2/c1-14(2)10-7-5-4-6-9(10)12(17)15(3)8-11(13)16/h4-7H,8H2,1-3H3,(H2,13,16). The normalized spacial score (nSPS) is 9.82. The van der Waals surface area contributed by atoms with Crippen molar-refractivity contribution in [1.29, 1.82) is 0 Å². The monoisotopic (exact) mass is 235 g/mol. The quantitative estimate of drug-likeness (QED) is 0.816. The topological polar surface area (TPSA) is 66.6 Å². The van der Waals surface area contributed by atoms with Crippen LogP contribution in [0.4, 0.5) is 5.69 Å². The number of nitrogens with zero attached hydrogens (tertiary/aromatic N) is 2. The summed E-state index contributed by atoms with van der Waals surface area (Å²) in [6.07, 6.45) is 0. The molecule has 0 aromatic heterocycles. The van der Waals surface area contributed by atoms with E-state index in [2.05, 4.69) is 0 Å². The maximum absolute atomic E-state index is 12.1. The Morgan fingerprint density at radius 2 is 1.76 bits per heavy atom. The zero-order chi connectivity index (χ0) is 13.0. The number of likely N-dealkylation sites (N-methyl/N-ethyl adjacent to an activating group) is 1. The van der Waals surface area contributed by atoms with Crippen molar-refractivity contribution in [3.63, 3.8) is 0 Å². The van der Waals surface area contributed by atoms with Crippen LogP contribution in [0.15, 0.2) is 24.3 Å². The molecule has 1 aromatic carbocycles. The number of primary amides is 1. The van der Waals surface area contributed by atoms with Crippen molar-refractivity contribution in [3.8, 4) is 0 Å². The lowest BCUT2D eigenvalue weighted by Gasteiger charge is -2.20. The average molecular weight is 235 g/mol. The molecule has 2 N–H and O–H groups in total. The van der Waals surface area contributed by atoms with Crippen LogP contribution in [0.5, 0.6) is 0 Å². The van der Waals surface area contributed by atoms with Gasteiger partial charge in [-0.1, -0.05) is 12.1 Å². The average Bonchev–Trinajstić information content (AvgIpc) is 2.27. The van der Waals surface area contributed by atoms with Crippen LogP contribution in [0.2, 0.25) is 0 Å². The number of para-hydroxylation sites is 1. The molecular formula is C12H17N3O2.